The Labute approximate surface area is 89.9 Å². The number of hydrogen-bond acceptors (Lipinski definition) is 3. The van der Waals surface area contributed by atoms with E-state index in [-0.39, 0.29) is 5.78 Å². The predicted octanol–water partition coefficient (Wildman–Crippen LogP) is 2.50. The van der Waals surface area contributed by atoms with Crippen molar-refractivity contribution in [2.75, 3.05) is 0 Å². The van der Waals surface area contributed by atoms with Gasteiger partial charge in [-0.1, -0.05) is 13.8 Å². The highest BCUT2D eigenvalue weighted by molar-refractivity contribution is 5.94. The number of hydrogen-bond donors (Lipinski definition) is 0. The molecular formula is C12H16N2O. The van der Waals surface area contributed by atoms with Gasteiger partial charge < -0.3 is 0 Å². The SMILES string of the molecule is CC(=O)c1cnc(C2CC2(C)C)nc1C. The minimum Gasteiger partial charge on any atom is -0.294 e. The number of ketones is 1. The lowest BCUT2D eigenvalue weighted by Gasteiger charge is -2.05. The molecule has 1 aromatic heterocycles. The van der Waals surface area contributed by atoms with E-state index >= 15 is 0 Å². The predicted molar refractivity (Wildman–Crippen MR) is 57.9 cm³/mol. The molecule has 1 aliphatic carbocycles. The topological polar surface area (TPSA) is 42.9 Å². The second kappa shape index (κ2) is 3.12. The number of rotatable bonds is 2. The Morgan fingerprint density at radius 2 is 2.13 bits per heavy atom. The fourth-order valence-electron chi connectivity index (χ4n) is 1.91. The first-order valence-electron chi connectivity index (χ1n) is 5.26. The van der Waals surface area contributed by atoms with E-state index in [2.05, 4.69) is 23.8 Å². The van der Waals surface area contributed by atoms with Gasteiger partial charge in [0.25, 0.3) is 0 Å². The molecule has 1 atom stereocenters. The summed E-state index contributed by atoms with van der Waals surface area (Å²) in [6.45, 7) is 7.86. The fraction of sp³-hybridized carbons (Fsp3) is 0.583. The van der Waals surface area contributed by atoms with Gasteiger partial charge in [-0.25, -0.2) is 9.97 Å². The molecule has 1 aromatic rings. The van der Waals surface area contributed by atoms with Gasteiger partial charge in [0.1, 0.15) is 5.82 Å². The molecule has 0 aliphatic heterocycles. The van der Waals surface area contributed by atoms with Crippen molar-refractivity contribution in [2.24, 2.45) is 5.41 Å². The van der Waals surface area contributed by atoms with Crippen molar-refractivity contribution in [2.45, 2.75) is 40.0 Å². The van der Waals surface area contributed by atoms with Crippen LogP contribution in [0.25, 0.3) is 0 Å². The minimum absolute atomic E-state index is 0.0362. The van der Waals surface area contributed by atoms with Crippen LogP contribution in [0.5, 0.6) is 0 Å². The van der Waals surface area contributed by atoms with E-state index < -0.39 is 0 Å². The Morgan fingerprint density at radius 3 is 2.53 bits per heavy atom. The second-order valence-electron chi connectivity index (χ2n) is 5.03. The largest absolute Gasteiger partial charge is 0.294 e. The van der Waals surface area contributed by atoms with E-state index in [1.54, 1.807) is 13.1 Å². The molecule has 1 aliphatic rings. The average Bonchev–Trinajstić information content (AvgIpc) is 2.74. The fourth-order valence-corrected chi connectivity index (χ4v) is 1.91. The van der Waals surface area contributed by atoms with Crippen LogP contribution in [0.1, 0.15) is 55.0 Å². The highest BCUT2D eigenvalue weighted by atomic mass is 16.1. The Bertz CT molecular complexity index is 424. The first kappa shape index (κ1) is 10.3. The van der Waals surface area contributed by atoms with Crippen molar-refractivity contribution in [3.8, 4) is 0 Å². The molecule has 1 heterocycles. The summed E-state index contributed by atoms with van der Waals surface area (Å²) in [5.41, 5.74) is 1.77. The van der Waals surface area contributed by atoms with Crippen LogP contribution in [-0.4, -0.2) is 15.8 Å². The Kier molecular flexibility index (Phi) is 2.14. The van der Waals surface area contributed by atoms with Crippen LogP contribution in [0.15, 0.2) is 6.20 Å². The molecule has 0 spiro atoms. The van der Waals surface area contributed by atoms with Gasteiger partial charge in [0, 0.05) is 12.1 Å². The van der Waals surface area contributed by atoms with Gasteiger partial charge in [0.2, 0.25) is 0 Å². The zero-order valence-electron chi connectivity index (χ0n) is 9.66. The molecule has 0 aromatic carbocycles. The van der Waals surface area contributed by atoms with Crippen LogP contribution in [0, 0.1) is 12.3 Å². The molecule has 0 bridgehead atoms. The summed E-state index contributed by atoms with van der Waals surface area (Å²) in [7, 11) is 0. The molecule has 0 N–H and O–H groups in total. The molecule has 1 unspecified atom stereocenters. The third-order valence-corrected chi connectivity index (χ3v) is 3.20. The monoisotopic (exact) mass is 204 g/mol. The van der Waals surface area contributed by atoms with Gasteiger partial charge in [0.05, 0.1) is 11.3 Å². The van der Waals surface area contributed by atoms with Gasteiger partial charge in [-0.05, 0) is 25.7 Å². The Hall–Kier alpha value is -1.25. The molecule has 2 rings (SSSR count). The zero-order chi connectivity index (χ0) is 11.2. The van der Waals surface area contributed by atoms with Crippen molar-refractivity contribution in [3.05, 3.63) is 23.3 Å². The van der Waals surface area contributed by atoms with E-state index in [4.69, 9.17) is 0 Å². The van der Waals surface area contributed by atoms with Crippen molar-refractivity contribution in [3.63, 3.8) is 0 Å². The summed E-state index contributed by atoms with van der Waals surface area (Å²) in [6.07, 6.45) is 2.81. The number of Topliss-reactive ketones (excluding diaryl/α,β-unsaturated/α-hetero) is 1. The number of nitrogens with zero attached hydrogens (tertiary/aromatic N) is 2. The highest BCUT2D eigenvalue weighted by Gasteiger charge is 2.48. The molecule has 3 heteroatoms. The summed E-state index contributed by atoms with van der Waals surface area (Å²) in [6, 6.07) is 0. The number of carbonyl (C=O) groups excluding carboxylic acids is 1. The van der Waals surface area contributed by atoms with Gasteiger partial charge in [-0.3, -0.25) is 4.79 Å². The zero-order valence-corrected chi connectivity index (χ0v) is 9.66. The number of aryl methyl sites for hydroxylation is 1. The van der Waals surface area contributed by atoms with Crippen LogP contribution in [0.2, 0.25) is 0 Å². The standard InChI is InChI=1S/C12H16N2O/c1-7-9(8(2)15)6-13-11(14-7)10-5-12(10,3)4/h6,10H,5H2,1-4H3. The number of carbonyl (C=O) groups is 1. The van der Waals surface area contributed by atoms with Crippen LogP contribution in [0.3, 0.4) is 0 Å². The third kappa shape index (κ3) is 1.78. The first-order valence-corrected chi connectivity index (χ1v) is 5.26. The van der Waals surface area contributed by atoms with E-state index in [9.17, 15) is 4.79 Å². The second-order valence-corrected chi connectivity index (χ2v) is 5.03. The molecule has 80 valence electrons. The van der Waals surface area contributed by atoms with E-state index in [1.807, 2.05) is 6.92 Å². The molecule has 1 saturated carbocycles. The maximum atomic E-state index is 11.2. The molecule has 15 heavy (non-hydrogen) atoms. The quantitative estimate of drug-likeness (QED) is 0.695. The first-order chi connectivity index (χ1) is 6.92. The molecule has 1 fully saturated rings. The summed E-state index contributed by atoms with van der Waals surface area (Å²) >= 11 is 0. The van der Waals surface area contributed by atoms with Crippen LogP contribution in [0.4, 0.5) is 0 Å². The molecule has 0 radical (unpaired) electrons. The molecular weight excluding hydrogens is 188 g/mol. The normalized spacial score (nSPS) is 22.5. The van der Waals surface area contributed by atoms with Crippen LogP contribution >= 0.6 is 0 Å². The lowest BCUT2D eigenvalue weighted by Crippen LogP contribution is -2.05. The Morgan fingerprint density at radius 1 is 1.53 bits per heavy atom. The van der Waals surface area contributed by atoms with Crippen LogP contribution in [-0.2, 0) is 0 Å². The summed E-state index contributed by atoms with van der Waals surface area (Å²) in [4.78, 5) is 19.9. The van der Waals surface area contributed by atoms with Crippen molar-refractivity contribution < 1.29 is 4.79 Å². The summed E-state index contributed by atoms with van der Waals surface area (Å²) in [5.74, 6) is 1.40. The van der Waals surface area contributed by atoms with Gasteiger partial charge >= 0.3 is 0 Å². The van der Waals surface area contributed by atoms with Gasteiger partial charge in [0.15, 0.2) is 5.78 Å². The van der Waals surface area contributed by atoms with Gasteiger partial charge in [-0.2, -0.15) is 0 Å². The van der Waals surface area contributed by atoms with Crippen molar-refractivity contribution >= 4 is 5.78 Å². The van der Waals surface area contributed by atoms with E-state index in [0.29, 0.717) is 16.9 Å². The third-order valence-electron chi connectivity index (χ3n) is 3.20. The van der Waals surface area contributed by atoms with E-state index in [1.165, 1.54) is 0 Å². The lowest BCUT2D eigenvalue weighted by atomic mass is 10.1. The molecule has 0 saturated heterocycles. The maximum Gasteiger partial charge on any atom is 0.163 e. The lowest BCUT2D eigenvalue weighted by molar-refractivity contribution is 0.101. The average molecular weight is 204 g/mol. The minimum atomic E-state index is 0.0362. The Balaban J connectivity index is 2.31. The smallest absolute Gasteiger partial charge is 0.163 e. The highest BCUT2D eigenvalue weighted by Crippen LogP contribution is 2.57. The summed E-state index contributed by atoms with van der Waals surface area (Å²) < 4.78 is 0. The number of aromatic nitrogens is 2. The van der Waals surface area contributed by atoms with Crippen molar-refractivity contribution in [1.82, 2.24) is 9.97 Å². The molecule has 0 amide bonds. The maximum absolute atomic E-state index is 11.2. The molecule has 3 nitrogen and oxygen atoms in total. The van der Waals surface area contributed by atoms with E-state index in [0.717, 1.165) is 17.9 Å². The van der Waals surface area contributed by atoms with Crippen molar-refractivity contribution in [1.29, 1.82) is 0 Å². The summed E-state index contributed by atoms with van der Waals surface area (Å²) in [5, 5.41) is 0. The van der Waals surface area contributed by atoms with Crippen LogP contribution < -0.4 is 0 Å². The van der Waals surface area contributed by atoms with Gasteiger partial charge in [-0.15, -0.1) is 0 Å².